The fraction of sp³-hybridized carbons (Fsp3) is 0.375. The second-order valence-corrected chi connectivity index (χ2v) is 5.11. The van der Waals surface area contributed by atoms with Crippen molar-refractivity contribution >= 4 is 24.8 Å². The summed E-state index contributed by atoms with van der Waals surface area (Å²) in [4.78, 5) is 10.3. The Labute approximate surface area is 150 Å². The van der Waals surface area contributed by atoms with Gasteiger partial charge < -0.3 is 15.0 Å². The van der Waals surface area contributed by atoms with Gasteiger partial charge in [-0.1, -0.05) is 12.1 Å². The third kappa shape index (κ3) is 8.71. The van der Waals surface area contributed by atoms with Crippen LogP contribution in [0.2, 0.25) is 0 Å². The van der Waals surface area contributed by atoms with E-state index in [-0.39, 0.29) is 24.8 Å². The zero-order chi connectivity index (χ0) is 14.9. The van der Waals surface area contributed by atoms with Crippen molar-refractivity contribution < 1.29 is 4.74 Å². The van der Waals surface area contributed by atoms with E-state index in [0.29, 0.717) is 6.01 Å². The molecule has 1 heterocycles. The molecule has 0 radical (unpaired) electrons. The SMILES string of the molecule is CN(C)CCCNCc1cccc(Oc2ncccn2)c1.Cl.Cl. The molecule has 7 heteroatoms. The molecule has 0 atom stereocenters. The van der Waals surface area contributed by atoms with Crippen molar-refractivity contribution in [2.24, 2.45) is 0 Å². The molecule has 2 aromatic rings. The first-order chi connectivity index (χ1) is 10.2. The fourth-order valence-electron chi connectivity index (χ4n) is 1.92. The lowest BCUT2D eigenvalue weighted by molar-refractivity contribution is 0.394. The molecule has 0 aliphatic heterocycles. The minimum atomic E-state index is 0. The average Bonchev–Trinajstić information content (AvgIpc) is 2.48. The molecule has 2 rings (SSSR count). The lowest BCUT2D eigenvalue weighted by Crippen LogP contribution is -2.20. The predicted octanol–water partition coefficient (Wildman–Crippen LogP) is 3.15. The summed E-state index contributed by atoms with van der Waals surface area (Å²) in [5.41, 5.74) is 1.19. The molecule has 128 valence electrons. The largest absolute Gasteiger partial charge is 0.424 e. The number of ether oxygens (including phenoxy) is 1. The molecule has 1 aromatic carbocycles. The van der Waals surface area contributed by atoms with E-state index < -0.39 is 0 Å². The van der Waals surface area contributed by atoms with Crippen molar-refractivity contribution in [2.75, 3.05) is 27.2 Å². The van der Waals surface area contributed by atoms with E-state index >= 15 is 0 Å². The first-order valence-electron chi connectivity index (χ1n) is 7.13. The Balaban J connectivity index is 0.00000242. The second kappa shape index (κ2) is 12.1. The average molecular weight is 359 g/mol. The summed E-state index contributed by atoms with van der Waals surface area (Å²) in [6.45, 7) is 2.94. The topological polar surface area (TPSA) is 50.3 Å². The van der Waals surface area contributed by atoms with Gasteiger partial charge in [-0.2, -0.15) is 0 Å². The normalized spacial score (nSPS) is 9.87. The van der Waals surface area contributed by atoms with Crippen LogP contribution < -0.4 is 10.1 Å². The quantitative estimate of drug-likeness (QED) is 0.734. The standard InChI is InChI=1S/C16H22N4O.2ClH/c1-20(2)11-5-8-17-13-14-6-3-7-15(12-14)21-16-18-9-4-10-19-16;;/h3-4,6-7,9-10,12,17H,5,8,11,13H2,1-2H3;2*1H. The molecular formula is C16H24Cl2N4O. The van der Waals surface area contributed by atoms with Crippen LogP contribution in [0.25, 0.3) is 0 Å². The fourth-order valence-corrected chi connectivity index (χ4v) is 1.92. The van der Waals surface area contributed by atoms with Crippen molar-refractivity contribution in [3.05, 3.63) is 48.3 Å². The highest BCUT2D eigenvalue weighted by Crippen LogP contribution is 2.18. The summed E-state index contributed by atoms with van der Waals surface area (Å²) in [6, 6.07) is 10.1. The molecule has 0 aliphatic carbocycles. The molecule has 0 spiro atoms. The number of halogens is 2. The van der Waals surface area contributed by atoms with Crippen molar-refractivity contribution in [1.82, 2.24) is 20.2 Å². The van der Waals surface area contributed by atoms with Gasteiger partial charge in [-0.05, 0) is 57.4 Å². The maximum Gasteiger partial charge on any atom is 0.321 e. The first-order valence-corrected chi connectivity index (χ1v) is 7.13. The van der Waals surface area contributed by atoms with Crippen molar-refractivity contribution in [3.63, 3.8) is 0 Å². The van der Waals surface area contributed by atoms with Crippen LogP contribution in [0.3, 0.4) is 0 Å². The molecule has 0 unspecified atom stereocenters. The number of nitrogens with zero attached hydrogens (tertiary/aromatic N) is 3. The molecule has 23 heavy (non-hydrogen) atoms. The predicted molar refractivity (Wildman–Crippen MR) is 97.9 cm³/mol. The Hall–Kier alpha value is -1.40. The first kappa shape index (κ1) is 21.6. The van der Waals surface area contributed by atoms with Crippen LogP contribution in [0.1, 0.15) is 12.0 Å². The molecular weight excluding hydrogens is 335 g/mol. The van der Waals surface area contributed by atoms with Gasteiger partial charge in [-0.15, -0.1) is 24.8 Å². The van der Waals surface area contributed by atoms with Crippen LogP contribution in [-0.2, 0) is 6.54 Å². The summed E-state index contributed by atoms with van der Waals surface area (Å²) in [5, 5.41) is 3.43. The van der Waals surface area contributed by atoms with Crippen LogP contribution in [0.15, 0.2) is 42.7 Å². The van der Waals surface area contributed by atoms with Crippen molar-refractivity contribution in [1.29, 1.82) is 0 Å². The van der Waals surface area contributed by atoms with Gasteiger partial charge in [0.05, 0.1) is 0 Å². The zero-order valence-corrected chi connectivity index (χ0v) is 15.1. The van der Waals surface area contributed by atoms with E-state index in [9.17, 15) is 0 Å². The summed E-state index contributed by atoms with van der Waals surface area (Å²) in [6.07, 6.45) is 4.47. The highest BCUT2D eigenvalue weighted by molar-refractivity contribution is 5.85. The summed E-state index contributed by atoms with van der Waals surface area (Å²) < 4.78 is 5.62. The lowest BCUT2D eigenvalue weighted by atomic mass is 10.2. The van der Waals surface area contributed by atoms with Gasteiger partial charge in [0.1, 0.15) is 5.75 Å². The molecule has 0 bridgehead atoms. The maximum atomic E-state index is 5.62. The third-order valence-corrected chi connectivity index (χ3v) is 2.94. The maximum absolute atomic E-state index is 5.62. The van der Waals surface area contributed by atoms with E-state index in [4.69, 9.17) is 4.74 Å². The minimum Gasteiger partial charge on any atom is -0.424 e. The van der Waals surface area contributed by atoms with Gasteiger partial charge in [-0.3, -0.25) is 0 Å². The van der Waals surface area contributed by atoms with Gasteiger partial charge in [0, 0.05) is 18.9 Å². The van der Waals surface area contributed by atoms with Crippen LogP contribution in [0.5, 0.6) is 11.8 Å². The van der Waals surface area contributed by atoms with Gasteiger partial charge >= 0.3 is 6.01 Å². The van der Waals surface area contributed by atoms with Gasteiger partial charge in [0.15, 0.2) is 0 Å². The zero-order valence-electron chi connectivity index (χ0n) is 13.4. The highest BCUT2D eigenvalue weighted by atomic mass is 35.5. The summed E-state index contributed by atoms with van der Waals surface area (Å²) in [5.74, 6) is 0.758. The van der Waals surface area contributed by atoms with Gasteiger partial charge in [-0.25, -0.2) is 9.97 Å². The molecule has 0 aliphatic rings. The molecule has 1 N–H and O–H groups in total. The smallest absolute Gasteiger partial charge is 0.321 e. The third-order valence-electron chi connectivity index (χ3n) is 2.94. The minimum absolute atomic E-state index is 0. The van der Waals surface area contributed by atoms with E-state index in [0.717, 1.165) is 31.8 Å². The number of aromatic nitrogens is 2. The van der Waals surface area contributed by atoms with Crippen LogP contribution in [0, 0.1) is 0 Å². The van der Waals surface area contributed by atoms with Gasteiger partial charge in [0.25, 0.3) is 0 Å². The Morgan fingerprint density at radius 1 is 1.09 bits per heavy atom. The summed E-state index contributed by atoms with van der Waals surface area (Å²) in [7, 11) is 4.18. The number of rotatable bonds is 8. The van der Waals surface area contributed by atoms with Crippen LogP contribution in [0.4, 0.5) is 0 Å². The van der Waals surface area contributed by atoms with Gasteiger partial charge in [0.2, 0.25) is 0 Å². The van der Waals surface area contributed by atoms with Crippen LogP contribution >= 0.6 is 24.8 Å². The van der Waals surface area contributed by atoms with E-state index in [2.05, 4.69) is 40.3 Å². The Morgan fingerprint density at radius 2 is 1.83 bits per heavy atom. The highest BCUT2D eigenvalue weighted by Gasteiger charge is 2.00. The molecule has 0 amide bonds. The summed E-state index contributed by atoms with van der Waals surface area (Å²) >= 11 is 0. The van der Waals surface area contributed by atoms with E-state index in [1.54, 1.807) is 18.5 Å². The number of benzene rings is 1. The van der Waals surface area contributed by atoms with E-state index in [1.807, 2.05) is 18.2 Å². The number of hydrogen-bond donors (Lipinski definition) is 1. The lowest BCUT2D eigenvalue weighted by Gasteiger charge is -2.10. The molecule has 5 nitrogen and oxygen atoms in total. The molecule has 0 saturated heterocycles. The van der Waals surface area contributed by atoms with Crippen LogP contribution in [-0.4, -0.2) is 42.1 Å². The van der Waals surface area contributed by atoms with Crippen molar-refractivity contribution in [2.45, 2.75) is 13.0 Å². The Bertz CT molecular complexity index is 541. The molecule has 0 fully saturated rings. The number of nitrogens with one attached hydrogen (secondary N) is 1. The Kier molecular flexibility index (Phi) is 11.3. The Morgan fingerprint density at radius 3 is 2.52 bits per heavy atom. The monoisotopic (exact) mass is 358 g/mol. The number of hydrogen-bond acceptors (Lipinski definition) is 5. The molecule has 0 saturated carbocycles. The molecule has 1 aromatic heterocycles. The second-order valence-electron chi connectivity index (χ2n) is 5.11. The van der Waals surface area contributed by atoms with Crippen molar-refractivity contribution in [3.8, 4) is 11.8 Å². The van der Waals surface area contributed by atoms with E-state index in [1.165, 1.54) is 5.56 Å².